The number of hydrogen-bond acceptors (Lipinski definition) is 2. The fraction of sp³-hybridized carbons (Fsp3) is 0.933. The first-order chi connectivity index (χ1) is 8.72. The lowest BCUT2D eigenvalue weighted by Crippen LogP contribution is -2.48. The molecule has 2 bridgehead atoms. The van der Waals surface area contributed by atoms with Crippen molar-refractivity contribution in [3.8, 4) is 0 Å². The third-order valence-corrected chi connectivity index (χ3v) is 5.29. The molecule has 3 heteroatoms. The van der Waals surface area contributed by atoms with E-state index >= 15 is 0 Å². The molecule has 1 amide bonds. The van der Waals surface area contributed by atoms with E-state index in [2.05, 4.69) is 11.8 Å². The molecule has 4 atom stereocenters. The average Bonchev–Trinajstić information content (AvgIpc) is 3.00. The molecular weight excluding hydrogens is 224 g/mol. The molecule has 3 nitrogen and oxygen atoms in total. The van der Waals surface area contributed by atoms with E-state index in [-0.39, 0.29) is 12.0 Å². The van der Waals surface area contributed by atoms with Crippen LogP contribution >= 0.6 is 0 Å². The summed E-state index contributed by atoms with van der Waals surface area (Å²) in [6.45, 7) is 3.15. The first-order valence-corrected chi connectivity index (χ1v) is 7.78. The molecule has 18 heavy (non-hydrogen) atoms. The Bertz CT molecular complexity index is 324. The molecule has 0 radical (unpaired) electrons. The molecule has 4 unspecified atom stereocenters. The highest BCUT2D eigenvalue weighted by atomic mass is 16.2. The van der Waals surface area contributed by atoms with Crippen LogP contribution in [0.25, 0.3) is 0 Å². The Hall–Kier alpha value is -0.570. The van der Waals surface area contributed by atoms with E-state index in [9.17, 15) is 4.79 Å². The quantitative estimate of drug-likeness (QED) is 0.812. The smallest absolute Gasteiger partial charge is 0.227 e. The summed E-state index contributed by atoms with van der Waals surface area (Å²) in [6, 6.07) is 0.703. The number of nitrogens with two attached hydrogens (primary N) is 1. The zero-order chi connectivity index (χ0) is 12.7. The van der Waals surface area contributed by atoms with Crippen molar-refractivity contribution < 1.29 is 4.79 Å². The van der Waals surface area contributed by atoms with Crippen LogP contribution in [-0.4, -0.2) is 29.4 Å². The van der Waals surface area contributed by atoms with Crippen LogP contribution in [0, 0.1) is 17.8 Å². The van der Waals surface area contributed by atoms with Gasteiger partial charge in [-0.15, -0.1) is 0 Å². The molecule has 0 aromatic heterocycles. The second-order valence-electron chi connectivity index (χ2n) is 6.55. The van der Waals surface area contributed by atoms with Crippen LogP contribution in [-0.2, 0) is 4.79 Å². The van der Waals surface area contributed by atoms with Gasteiger partial charge in [-0.25, -0.2) is 0 Å². The molecule has 0 aliphatic heterocycles. The molecule has 3 aliphatic carbocycles. The van der Waals surface area contributed by atoms with Crippen LogP contribution in [0.1, 0.15) is 51.9 Å². The van der Waals surface area contributed by atoms with Gasteiger partial charge in [-0.05, 0) is 50.4 Å². The lowest BCUT2D eigenvalue weighted by atomic mass is 9.84. The van der Waals surface area contributed by atoms with Crippen molar-refractivity contribution in [1.29, 1.82) is 0 Å². The van der Waals surface area contributed by atoms with Gasteiger partial charge in [-0.3, -0.25) is 4.79 Å². The number of hydrogen-bond donors (Lipinski definition) is 1. The molecule has 0 spiro atoms. The number of carbonyl (C=O) groups excluding carboxylic acids is 1. The molecule has 3 rings (SSSR count). The normalized spacial score (nSPS) is 38.1. The van der Waals surface area contributed by atoms with Gasteiger partial charge >= 0.3 is 0 Å². The Labute approximate surface area is 110 Å². The highest BCUT2D eigenvalue weighted by Gasteiger charge is 2.51. The van der Waals surface area contributed by atoms with Gasteiger partial charge < -0.3 is 10.6 Å². The summed E-state index contributed by atoms with van der Waals surface area (Å²) in [6.07, 6.45) is 8.44. The largest absolute Gasteiger partial charge is 0.339 e. The van der Waals surface area contributed by atoms with E-state index in [4.69, 9.17) is 5.73 Å². The summed E-state index contributed by atoms with van der Waals surface area (Å²) in [7, 11) is 0. The highest BCUT2D eigenvalue weighted by molar-refractivity contribution is 5.81. The van der Waals surface area contributed by atoms with Gasteiger partial charge in [0.2, 0.25) is 5.91 Å². The van der Waals surface area contributed by atoms with E-state index in [1.54, 1.807) is 0 Å². The standard InChI is InChI=1S/C15H26N2O/c1-2-3-8-17(12-6-7-12)15(18)13-10-4-5-11(9-10)14(13)16/h10-14H,2-9,16H2,1H3. The second-order valence-corrected chi connectivity index (χ2v) is 6.55. The SMILES string of the molecule is CCCCN(C(=O)C1C2CCC(C2)C1N)C1CC1. The van der Waals surface area contributed by atoms with E-state index in [1.807, 2.05) is 0 Å². The van der Waals surface area contributed by atoms with Crippen molar-refractivity contribution in [2.45, 2.75) is 64.0 Å². The predicted octanol–water partition coefficient (Wildman–Crippen LogP) is 2.15. The van der Waals surface area contributed by atoms with Crippen LogP contribution in [0.4, 0.5) is 0 Å². The van der Waals surface area contributed by atoms with Gasteiger partial charge in [-0.2, -0.15) is 0 Å². The fourth-order valence-corrected chi connectivity index (χ4v) is 4.08. The van der Waals surface area contributed by atoms with Crippen LogP contribution < -0.4 is 5.73 Å². The molecule has 102 valence electrons. The zero-order valence-corrected chi connectivity index (χ0v) is 11.5. The highest BCUT2D eigenvalue weighted by Crippen LogP contribution is 2.48. The molecule has 0 aromatic carbocycles. The second kappa shape index (κ2) is 4.84. The Morgan fingerprint density at radius 3 is 2.50 bits per heavy atom. The summed E-state index contributed by atoms with van der Waals surface area (Å²) in [4.78, 5) is 15.0. The van der Waals surface area contributed by atoms with Crippen molar-refractivity contribution >= 4 is 5.91 Å². The maximum Gasteiger partial charge on any atom is 0.227 e. The topological polar surface area (TPSA) is 46.3 Å². The zero-order valence-electron chi connectivity index (χ0n) is 11.5. The monoisotopic (exact) mass is 250 g/mol. The first kappa shape index (κ1) is 12.5. The first-order valence-electron chi connectivity index (χ1n) is 7.78. The van der Waals surface area contributed by atoms with E-state index < -0.39 is 0 Å². The van der Waals surface area contributed by atoms with Crippen LogP contribution in [0.3, 0.4) is 0 Å². The summed E-state index contributed by atoms with van der Waals surface area (Å²) >= 11 is 0. The van der Waals surface area contributed by atoms with E-state index in [0.29, 0.717) is 23.8 Å². The molecule has 3 aliphatic rings. The van der Waals surface area contributed by atoms with Crippen LogP contribution in [0.5, 0.6) is 0 Å². The fourth-order valence-electron chi connectivity index (χ4n) is 4.08. The summed E-state index contributed by atoms with van der Waals surface area (Å²) < 4.78 is 0. The number of rotatable bonds is 5. The Kier molecular flexibility index (Phi) is 3.35. The molecular formula is C15H26N2O. The van der Waals surface area contributed by atoms with Gasteiger partial charge in [0, 0.05) is 18.6 Å². The Balaban J connectivity index is 1.68. The minimum atomic E-state index is 0.152. The molecule has 0 aromatic rings. The lowest BCUT2D eigenvalue weighted by molar-refractivity contribution is -0.138. The third kappa shape index (κ3) is 2.07. The van der Waals surface area contributed by atoms with Gasteiger partial charge in [0.15, 0.2) is 0 Å². The third-order valence-electron chi connectivity index (χ3n) is 5.29. The van der Waals surface area contributed by atoms with Crippen LogP contribution in [0.15, 0.2) is 0 Å². The van der Waals surface area contributed by atoms with Gasteiger partial charge in [0.05, 0.1) is 5.92 Å². The van der Waals surface area contributed by atoms with Crippen LogP contribution in [0.2, 0.25) is 0 Å². The van der Waals surface area contributed by atoms with Gasteiger partial charge in [0.25, 0.3) is 0 Å². The molecule has 3 fully saturated rings. The van der Waals surface area contributed by atoms with Crippen molar-refractivity contribution in [3.05, 3.63) is 0 Å². The van der Waals surface area contributed by atoms with Crippen molar-refractivity contribution in [2.75, 3.05) is 6.54 Å². The average molecular weight is 250 g/mol. The van der Waals surface area contributed by atoms with Gasteiger partial charge in [0.1, 0.15) is 0 Å². The lowest BCUT2D eigenvalue weighted by Gasteiger charge is -2.33. The summed E-state index contributed by atoms with van der Waals surface area (Å²) in [5.41, 5.74) is 6.30. The summed E-state index contributed by atoms with van der Waals surface area (Å²) in [5.74, 6) is 1.78. The molecule has 3 saturated carbocycles. The predicted molar refractivity (Wildman–Crippen MR) is 71.9 cm³/mol. The van der Waals surface area contributed by atoms with Gasteiger partial charge in [-0.1, -0.05) is 13.3 Å². The van der Waals surface area contributed by atoms with E-state index in [0.717, 1.165) is 13.0 Å². The van der Waals surface area contributed by atoms with Crippen molar-refractivity contribution in [1.82, 2.24) is 4.90 Å². The number of fused-ring (bicyclic) bond motifs is 2. The summed E-state index contributed by atoms with van der Waals surface area (Å²) in [5, 5.41) is 0. The molecule has 0 saturated heterocycles. The minimum absolute atomic E-state index is 0.152. The minimum Gasteiger partial charge on any atom is -0.339 e. The number of carbonyl (C=O) groups is 1. The van der Waals surface area contributed by atoms with Crippen molar-refractivity contribution in [2.24, 2.45) is 23.5 Å². The number of nitrogens with zero attached hydrogens (tertiary/aromatic N) is 1. The Morgan fingerprint density at radius 2 is 1.94 bits per heavy atom. The van der Waals surface area contributed by atoms with Crippen molar-refractivity contribution in [3.63, 3.8) is 0 Å². The molecule has 2 N–H and O–H groups in total. The number of amides is 1. The maximum atomic E-state index is 12.8. The Morgan fingerprint density at radius 1 is 1.22 bits per heavy atom. The molecule has 0 heterocycles. The maximum absolute atomic E-state index is 12.8. The van der Waals surface area contributed by atoms with E-state index in [1.165, 1.54) is 38.5 Å². The number of unbranched alkanes of at least 4 members (excludes halogenated alkanes) is 1.